The monoisotopic (exact) mass is 342 g/mol. The van der Waals surface area contributed by atoms with Crippen LogP contribution in [0.15, 0.2) is 18.2 Å². The number of aryl methyl sites for hydroxylation is 1. The fraction of sp³-hybridized carbons (Fsp3) is 0.619. The predicted molar refractivity (Wildman–Crippen MR) is 102 cm³/mol. The van der Waals surface area contributed by atoms with Gasteiger partial charge in [-0.05, 0) is 50.3 Å². The Balaban J connectivity index is 1.63. The van der Waals surface area contributed by atoms with Crippen LogP contribution in [0.5, 0.6) is 0 Å². The minimum atomic E-state index is 0.119. The van der Waals surface area contributed by atoms with Gasteiger partial charge in [0.1, 0.15) is 0 Å². The number of nitrogens with one attached hydrogen (secondary N) is 2. The van der Waals surface area contributed by atoms with Gasteiger partial charge < -0.3 is 10.6 Å². The number of carbonyl (C=O) groups excluding carboxylic acids is 2. The van der Waals surface area contributed by atoms with Gasteiger partial charge in [0.15, 0.2) is 0 Å². The van der Waals surface area contributed by atoms with Crippen LogP contribution in [0.1, 0.15) is 69.8 Å². The molecule has 25 heavy (non-hydrogen) atoms. The number of rotatable bonds is 4. The van der Waals surface area contributed by atoms with E-state index in [1.54, 1.807) is 0 Å². The molecule has 1 aromatic rings. The van der Waals surface area contributed by atoms with E-state index in [0.717, 1.165) is 68.3 Å². The molecule has 2 aliphatic carbocycles. The molecule has 0 heterocycles. The molecule has 2 N–H and O–H groups in total. The highest BCUT2D eigenvalue weighted by Crippen LogP contribution is 2.28. The quantitative estimate of drug-likeness (QED) is 0.806. The van der Waals surface area contributed by atoms with Crippen molar-refractivity contribution in [2.24, 2.45) is 11.8 Å². The molecule has 2 amide bonds. The van der Waals surface area contributed by atoms with Crippen molar-refractivity contribution in [3.05, 3.63) is 23.8 Å². The van der Waals surface area contributed by atoms with Crippen LogP contribution in [0.4, 0.5) is 11.4 Å². The second kappa shape index (κ2) is 8.50. The van der Waals surface area contributed by atoms with Crippen molar-refractivity contribution >= 4 is 23.2 Å². The molecule has 1 aromatic carbocycles. The van der Waals surface area contributed by atoms with Crippen LogP contribution in [-0.2, 0) is 9.59 Å². The van der Waals surface area contributed by atoms with E-state index >= 15 is 0 Å². The van der Waals surface area contributed by atoms with E-state index in [2.05, 4.69) is 10.6 Å². The maximum Gasteiger partial charge on any atom is 0.227 e. The Hall–Kier alpha value is -1.84. The largest absolute Gasteiger partial charge is 0.326 e. The zero-order valence-corrected chi connectivity index (χ0v) is 15.3. The van der Waals surface area contributed by atoms with Crippen molar-refractivity contribution in [1.82, 2.24) is 0 Å². The van der Waals surface area contributed by atoms with E-state index in [1.807, 2.05) is 25.1 Å². The molecule has 2 aliphatic rings. The maximum atomic E-state index is 12.5. The molecule has 4 nitrogen and oxygen atoms in total. The molecule has 136 valence electrons. The molecule has 0 aromatic heterocycles. The van der Waals surface area contributed by atoms with Crippen LogP contribution < -0.4 is 10.6 Å². The highest BCUT2D eigenvalue weighted by atomic mass is 16.2. The Morgan fingerprint density at radius 2 is 1.32 bits per heavy atom. The fourth-order valence-electron chi connectivity index (χ4n) is 4.04. The summed E-state index contributed by atoms with van der Waals surface area (Å²) in [6, 6.07) is 5.79. The first-order chi connectivity index (χ1) is 12.1. The zero-order valence-electron chi connectivity index (χ0n) is 15.3. The van der Waals surface area contributed by atoms with Crippen molar-refractivity contribution in [2.75, 3.05) is 10.6 Å². The Kier molecular flexibility index (Phi) is 6.11. The molecule has 2 saturated carbocycles. The lowest BCUT2D eigenvalue weighted by Crippen LogP contribution is -2.26. The van der Waals surface area contributed by atoms with Crippen LogP contribution in [0.25, 0.3) is 0 Å². The van der Waals surface area contributed by atoms with Gasteiger partial charge in [-0.3, -0.25) is 9.59 Å². The molecule has 0 aliphatic heterocycles. The van der Waals surface area contributed by atoms with E-state index in [1.165, 1.54) is 12.8 Å². The zero-order chi connectivity index (χ0) is 17.6. The maximum absolute atomic E-state index is 12.5. The number of amides is 2. The standard InChI is InChI=1S/C21H30N2O2/c1-15-12-13-18(22-20(24)16-8-4-2-5-9-16)14-19(15)23-21(25)17-10-6-3-7-11-17/h12-14,16-17H,2-11H2,1H3,(H,22,24)(H,23,25). The molecule has 0 unspecified atom stereocenters. The van der Waals surface area contributed by atoms with Gasteiger partial charge in [-0.15, -0.1) is 0 Å². The molecular weight excluding hydrogens is 312 g/mol. The highest BCUT2D eigenvalue weighted by molar-refractivity contribution is 5.96. The number of benzene rings is 1. The van der Waals surface area contributed by atoms with Crippen LogP contribution >= 0.6 is 0 Å². The summed E-state index contributed by atoms with van der Waals surface area (Å²) >= 11 is 0. The van der Waals surface area contributed by atoms with Gasteiger partial charge in [-0.25, -0.2) is 0 Å². The van der Waals surface area contributed by atoms with Gasteiger partial charge in [-0.2, -0.15) is 0 Å². The minimum absolute atomic E-state index is 0.119. The number of hydrogen-bond donors (Lipinski definition) is 2. The van der Waals surface area contributed by atoms with Crippen molar-refractivity contribution < 1.29 is 9.59 Å². The van der Waals surface area contributed by atoms with Crippen LogP contribution in [0.2, 0.25) is 0 Å². The third-order valence-corrected chi connectivity index (χ3v) is 5.71. The normalized spacial score (nSPS) is 19.4. The predicted octanol–water partition coefficient (Wildman–Crippen LogP) is 5.03. The van der Waals surface area contributed by atoms with Crippen LogP contribution in [0, 0.1) is 18.8 Å². The first kappa shape index (κ1) is 18.0. The Bertz CT molecular complexity index is 614. The second-order valence-corrected chi connectivity index (χ2v) is 7.68. The van der Waals surface area contributed by atoms with E-state index in [0.29, 0.717) is 0 Å². The van der Waals surface area contributed by atoms with Crippen molar-refractivity contribution in [3.63, 3.8) is 0 Å². The summed E-state index contributed by atoms with van der Waals surface area (Å²) in [5.74, 6) is 0.510. The topological polar surface area (TPSA) is 58.2 Å². The van der Waals surface area contributed by atoms with Crippen molar-refractivity contribution in [2.45, 2.75) is 71.1 Å². The summed E-state index contributed by atoms with van der Waals surface area (Å²) in [4.78, 5) is 24.9. The first-order valence-electron chi connectivity index (χ1n) is 9.86. The van der Waals surface area contributed by atoms with Crippen molar-refractivity contribution in [1.29, 1.82) is 0 Å². The number of carbonyl (C=O) groups is 2. The molecule has 0 spiro atoms. The van der Waals surface area contributed by atoms with Gasteiger partial charge in [0.2, 0.25) is 11.8 Å². The first-order valence-corrected chi connectivity index (χ1v) is 9.86. The summed E-state index contributed by atoms with van der Waals surface area (Å²) in [6.07, 6.45) is 11.0. The fourth-order valence-corrected chi connectivity index (χ4v) is 4.04. The van der Waals surface area contributed by atoms with Gasteiger partial charge in [0.05, 0.1) is 0 Å². The van der Waals surface area contributed by atoms with E-state index < -0.39 is 0 Å². The summed E-state index contributed by atoms with van der Waals surface area (Å²) in [7, 11) is 0. The van der Waals surface area contributed by atoms with Gasteiger partial charge in [0.25, 0.3) is 0 Å². The Morgan fingerprint density at radius 3 is 1.88 bits per heavy atom. The van der Waals surface area contributed by atoms with Gasteiger partial charge >= 0.3 is 0 Å². The smallest absolute Gasteiger partial charge is 0.227 e. The third kappa shape index (κ3) is 4.83. The summed E-state index contributed by atoms with van der Waals surface area (Å²) in [5, 5.41) is 6.12. The van der Waals surface area contributed by atoms with E-state index in [4.69, 9.17) is 0 Å². The van der Waals surface area contributed by atoms with Gasteiger partial charge in [-0.1, -0.05) is 44.6 Å². The number of hydrogen-bond acceptors (Lipinski definition) is 2. The highest BCUT2D eigenvalue weighted by Gasteiger charge is 2.23. The molecule has 0 saturated heterocycles. The molecule has 0 atom stereocenters. The lowest BCUT2D eigenvalue weighted by atomic mass is 9.88. The summed E-state index contributed by atoms with van der Waals surface area (Å²) < 4.78 is 0. The van der Waals surface area contributed by atoms with Crippen LogP contribution in [0.3, 0.4) is 0 Å². The Morgan fingerprint density at radius 1 is 0.800 bits per heavy atom. The van der Waals surface area contributed by atoms with Crippen LogP contribution in [-0.4, -0.2) is 11.8 Å². The van der Waals surface area contributed by atoms with Crippen molar-refractivity contribution in [3.8, 4) is 0 Å². The summed E-state index contributed by atoms with van der Waals surface area (Å²) in [5.41, 5.74) is 2.62. The molecular formula is C21H30N2O2. The lowest BCUT2D eigenvalue weighted by molar-refractivity contribution is -0.121. The average Bonchev–Trinajstić information content (AvgIpc) is 2.66. The SMILES string of the molecule is Cc1ccc(NC(=O)C2CCCCC2)cc1NC(=O)C1CCCCC1. The minimum Gasteiger partial charge on any atom is -0.326 e. The van der Waals surface area contributed by atoms with E-state index in [9.17, 15) is 9.59 Å². The lowest BCUT2D eigenvalue weighted by Gasteiger charge is -2.22. The molecule has 2 fully saturated rings. The molecule has 0 radical (unpaired) electrons. The molecule has 3 rings (SSSR count). The average molecular weight is 342 g/mol. The number of anilines is 2. The molecule has 4 heteroatoms. The van der Waals surface area contributed by atoms with E-state index in [-0.39, 0.29) is 23.7 Å². The van der Waals surface area contributed by atoms with Gasteiger partial charge in [0, 0.05) is 23.2 Å². The second-order valence-electron chi connectivity index (χ2n) is 7.68. The summed E-state index contributed by atoms with van der Waals surface area (Å²) in [6.45, 7) is 1.99. The third-order valence-electron chi connectivity index (χ3n) is 5.71. The molecule has 0 bridgehead atoms. The Labute approximate surface area is 150 Å².